The van der Waals surface area contributed by atoms with Gasteiger partial charge < -0.3 is 9.64 Å². The highest BCUT2D eigenvalue weighted by Gasteiger charge is 2.44. The topological polar surface area (TPSA) is 66.9 Å². The second kappa shape index (κ2) is 6.46. The molecule has 2 aliphatic heterocycles. The van der Waals surface area contributed by atoms with Gasteiger partial charge in [0.15, 0.2) is 9.84 Å². The van der Waals surface area contributed by atoms with Gasteiger partial charge in [0, 0.05) is 51.3 Å². The van der Waals surface area contributed by atoms with Crippen LogP contribution in [0.1, 0.15) is 12.0 Å². The quantitative estimate of drug-likeness (QED) is 0.804. The molecule has 2 saturated heterocycles. The van der Waals surface area contributed by atoms with Gasteiger partial charge in [0.2, 0.25) is 5.91 Å². The maximum atomic E-state index is 12.0. The Labute approximate surface area is 143 Å². The van der Waals surface area contributed by atoms with Crippen molar-refractivity contribution in [2.24, 2.45) is 5.41 Å². The van der Waals surface area contributed by atoms with Crippen molar-refractivity contribution in [2.45, 2.75) is 17.9 Å². The summed E-state index contributed by atoms with van der Waals surface area (Å²) in [5.41, 5.74) is 0.937. The van der Waals surface area contributed by atoms with Crippen LogP contribution in [0.5, 0.6) is 0 Å². The molecule has 1 aromatic carbocycles. The molecule has 0 aliphatic carbocycles. The first kappa shape index (κ1) is 17.4. The van der Waals surface area contributed by atoms with Crippen LogP contribution in [-0.4, -0.2) is 70.3 Å². The van der Waals surface area contributed by atoms with Crippen molar-refractivity contribution in [3.63, 3.8) is 0 Å². The summed E-state index contributed by atoms with van der Waals surface area (Å²) in [4.78, 5) is 16.4. The molecule has 0 N–H and O–H groups in total. The molecule has 7 heteroatoms. The Balaban J connectivity index is 1.71. The van der Waals surface area contributed by atoms with E-state index in [0.717, 1.165) is 31.7 Å². The first-order chi connectivity index (χ1) is 11.3. The summed E-state index contributed by atoms with van der Waals surface area (Å²) in [5.74, 6) is 0.179. The van der Waals surface area contributed by atoms with Gasteiger partial charge in [-0.15, -0.1) is 0 Å². The first-order valence-corrected chi connectivity index (χ1v) is 10.00. The number of ether oxygens (including phenoxy) is 1. The predicted molar refractivity (Wildman–Crippen MR) is 90.3 cm³/mol. The Morgan fingerprint density at radius 2 is 1.92 bits per heavy atom. The summed E-state index contributed by atoms with van der Waals surface area (Å²) >= 11 is 0. The lowest BCUT2D eigenvalue weighted by molar-refractivity contribution is -0.126. The molecule has 132 valence electrons. The lowest BCUT2D eigenvalue weighted by Crippen LogP contribution is -2.40. The SMILES string of the molecule is CN1C[C@]2(COCCN(Cc3ccc(S(C)(=O)=O)cc3)C2)CC1=O. The number of carbonyl (C=O) groups is 1. The third-order valence-electron chi connectivity index (χ3n) is 4.80. The lowest BCUT2D eigenvalue weighted by Gasteiger charge is -2.30. The van der Waals surface area contributed by atoms with Gasteiger partial charge in [-0.2, -0.15) is 0 Å². The molecule has 2 aliphatic rings. The zero-order valence-corrected chi connectivity index (χ0v) is 15.0. The van der Waals surface area contributed by atoms with Gasteiger partial charge in [-0.1, -0.05) is 12.1 Å². The molecule has 0 unspecified atom stereocenters. The first-order valence-electron chi connectivity index (χ1n) is 8.11. The minimum absolute atomic E-state index is 0.130. The van der Waals surface area contributed by atoms with Crippen LogP contribution in [0.2, 0.25) is 0 Å². The van der Waals surface area contributed by atoms with Crippen LogP contribution in [0.15, 0.2) is 29.2 Å². The van der Waals surface area contributed by atoms with Gasteiger partial charge in [-0.05, 0) is 17.7 Å². The molecular weight excluding hydrogens is 328 g/mol. The average molecular weight is 352 g/mol. The Kier molecular flexibility index (Phi) is 4.68. The smallest absolute Gasteiger partial charge is 0.223 e. The summed E-state index contributed by atoms with van der Waals surface area (Å²) in [5, 5.41) is 0. The van der Waals surface area contributed by atoms with Crippen LogP contribution in [0.4, 0.5) is 0 Å². The second-order valence-electron chi connectivity index (χ2n) is 7.11. The summed E-state index contributed by atoms with van der Waals surface area (Å²) in [6, 6.07) is 7.03. The summed E-state index contributed by atoms with van der Waals surface area (Å²) in [7, 11) is -1.32. The van der Waals surface area contributed by atoms with Crippen molar-refractivity contribution in [3.05, 3.63) is 29.8 Å². The molecule has 1 spiro atoms. The monoisotopic (exact) mass is 352 g/mol. The maximum absolute atomic E-state index is 12.0. The van der Waals surface area contributed by atoms with E-state index in [2.05, 4.69) is 4.90 Å². The number of carbonyl (C=O) groups excluding carboxylic acids is 1. The van der Waals surface area contributed by atoms with E-state index in [1.165, 1.54) is 6.26 Å². The van der Waals surface area contributed by atoms with E-state index in [9.17, 15) is 13.2 Å². The molecule has 0 bridgehead atoms. The second-order valence-corrected chi connectivity index (χ2v) is 9.12. The molecule has 2 heterocycles. The largest absolute Gasteiger partial charge is 0.379 e. The van der Waals surface area contributed by atoms with Crippen molar-refractivity contribution in [3.8, 4) is 0 Å². The van der Waals surface area contributed by atoms with Crippen molar-refractivity contribution in [1.82, 2.24) is 9.80 Å². The van der Waals surface area contributed by atoms with Gasteiger partial charge in [0.1, 0.15) is 0 Å². The van der Waals surface area contributed by atoms with Crippen LogP contribution in [0.25, 0.3) is 0 Å². The van der Waals surface area contributed by atoms with Crippen LogP contribution in [-0.2, 0) is 25.9 Å². The lowest BCUT2D eigenvalue weighted by atomic mass is 9.87. The highest BCUT2D eigenvalue weighted by atomic mass is 32.2. The van der Waals surface area contributed by atoms with Crippen LogP contribution >= 0.6 is 0 Å². The van der Waals surface area contributed by atoms with E-state index in [4.69, 9.17) is 4.74 Å². The van der Waals surface area contributed by atoms with Crippen molar-refractivity contribution >= 4 is 15.7 Å². The third-order valence-corrected chi connectivity index (χ3v) is 5.93. The highest BCUT2D eigenvalue weighted by Crippen LogP contribution is 2.33. The Morgan fingerprint density at radius 3 is 2.50 bits per heavy atom. The zero-order valence-electron chi connectivity index (χ0n) is 14.2. The van der Waals surface area contributed by atoms with Gasteiger partial charge >= 0.3 is 0 Å². The number of likely N-dealkylation sites (tertiary alicyclic amines) is 1. The van der Waals surface area contributed by atoms with E-state index < -0.39 is 9.84 Å². The molecule has 1 aromatic rings. The van der Waals surface area contributed by atoms with E-state index in [1.807, 2.05) is 19.2 Å². The number of benzene rings is 1. The molecule has 3 rings (SSSR count). The number of hydrogen-bond acceptors (Lipinski definition) is 5. The van der Waals surface area contributed by atoms with Crippen molar-refractivity contribution in [2.75, 3.05) is 46.2 Å². The van der Waals surface area contributed by atoms with Crippen LogP contribution < -0.4 is 0 Å². The van der Waals surface area contributed by atoms with Crippen LogP contribution in [0.3, 0.4) is 0 Å². The van der Waals surface area contributed by atoms with Gasteiger partial charge in [-0.3, -0.25) is 9.69 Å². The number of hydrogen-bond donors (Lipinski definition) is 0. The van der Waals surface area contributed by atoms with E-state index in [1.54, 1.807) is 17.0 Å². The molecule has 0 aromatic heterocycles. The molecule has 1 atom stereocenters. The Morgan fingerprint density at radius 1 is 1.21 bits per heavy atom. The van der Waals surface area contributed by atoms with E-state index in [-0.39, 0.29) is 11.3 Å². The number of sulfone groups is 1. The normalized spacial score (nSPS) is 26.1. The number of nitrogens with zero attached hydrogens (tertiary/aromatic N) is 2. The van der Waals surface area contributed by atoms with E-state index >= 15 is 0 Å². The van der Waals surface area contributed by atoms with E-state index in [0.29, 0.717) is 24.5 Å². The fourth-order valence-electron chi connectivity index (χ4n) is 3.62. The summed E-state index contributed by atoms with van der Waals surface area (Å²) in [6.45, 7) is 4.36. The maximum Gasteiger partial charge on any atom is 0.223 e. The van der Waals surface area contributed by atoms with Gasteiger partial charge in [0.25, 0.3) is 0 Å². The van der Waals surface area contributed by atoms with Crippen molar-refractivity contribution < 1.29 is 17.9 Å². The molecular formula is C17H24N2O4S. The van der Waals surface area contributed by atoms with Crippen LogP contribution in [0, 0.1) is 5.41 Å². The molecule has 24 heavy (non-hydrogen) atoms. The molecule has 6 nitrogen and oxygen atoms in total. The number of rotatable bonds is 3. The highest BCUT2D eigenvalue weighted by molar-refractivity contribution is 7.90. The minimum Gasteiger partial charge on any atom is -0.379 e. The Hall–Kier alpha value is -1.44. The Bertz CT molecular complexity index is 717. The van der Waals surface area contributed by atoms with Gasteiger partial charge in [-0.25, -0.2) is 8.42 Å². The minimum atomic E-state index is -3.17. The standard InChI is InChI=1S/C17H24N2O4S/c1-18-11-17(9-16(18)20)12-19(7-8-23-13-17)10-14-3-5-15(6-4-14)24(2,21)22/h3-6H,7-13H2,1-2H3/t17-/m1/s1. The fourth-order valence-corrected chi connectivity index (χ4v) is 4.25. The fraction of sp³-hybridized carbons (Fsp3) is 0.588. The van der Waals surface area contributed by atoms with Crippen molar-refractivity contribution in [1.29, 1.82) is 0 Å². The molecule has 0 saturated carbocycles. The zero-order chi connectivity index (χ0) is 17.4. The third kappa shape index (κ3) is 3.79. The number of amides is 1. The summed E-state index contributed by atoms with van der Waals surface area (Å²) < 4.78 is 28.9. The summed E-state index contributed by atoms with van der Waals surface area (Å²) in [6.07, 6.45) is 1.75. The molecule has 2 fully saturated rings. The molecule has 1 amide bonds. The predicted octanol–water partition coefficient (Wildman–Crippen LogP) is 0.771. The average Bonchev–Trinajstić information content (AvgIpc) is 2.66. The van der Waals surface area contributed by atoms with Gasteiger partial charge in [0.05, 0.1) is 18.1 Å². The molecule has 0 radical (unpaired) electrons.